The molecule has 0 bridgehead atoms. The molecule has 0 N–H and O–H groups in total. The van der Waals surface area contributed by atoms with Crippen molar-refractivity contribution >= 4 is 17.0 Å². The van der Waals surface area contributed by atoms with E-state index >= 15 is 0 Å². The zero-order valence-corrected chi connectivity index (χ0v) is 14.0. The highest BCUT2D eigenvalue weighted by Crippen LogP contribution is 2.27. The number of thiazole rings is 1. The molecule has 116 valence electrons. The molecule has 5 nitrogen and oxygen atoms in total. The first-order valence-corrected chi connectivity index (χ1v) is 7.97. The molecule has 0 aromatic carbocycles. The second kappa shape index (κ2) is 6.66. The van der Waals surface area contributed by atoms with E-state index in [9.17, 15) is 0 Å². The Morgan fingerprint density at radius 3 is 2.74 bits per heavy atom. The van der Waals surface area contributed by atoms with Gasteiger partial charge >= 0.3 is 0 Å². The smallest absolute Gasteiger partial charge is 0.248 e. The Bertz CT molecular complexity index is 826. The van der Waals surface area contributed by atoms with Crippen LogP contribution in [-0.2, 0) is 0 Å². The van der Waals surface area contributed by atoms with Gasteiger partial charge in [-0.25, -0.2) is 9.97 Å². The fraction of sp³-hybridized carbons (Fsp3) is 0.176. The number of rotatable bonds is 4. The summed E-state index contributed by atoms with van der Waals surface area (Å²) in [6, 6.07) is 7.63. The molecule has 0 aliphatic carbocycles. The molecule has 0 saturated heterocycles. The zero-order chi connectivity index (χ0) is 16.2. The van der Waals surface area contributed by atoms with Gasteiger partial charge in [-0.2, -0.15) is 0 Å². The third-order valence-electron chi connectivity index (χ3n) is 3.19. The van der Waals surface area contributed by atoms with Gasteiger partial charge in [-0.3, -0.25) is 4.98 Å². The predicted molar refractivity (Wildman–Crippen MR) is 91.9 cm³/mol. The Morgan fingerprint density at radius 1 is 1.17 bits per heavy atom. The van der Waals surface area contributed by atoms with Crippen LogP contribution in [0.15, 0.2) is 48.0 Å². The molecule has 0 atom stereocenters. The molecule has 0 spiro atoms. The van der Waals surface area contributed by atoms with Crippen molar-refractivity contribution in [2.45, 2.75) is 20.8 Å². The van der Waals surface area contributed by atoms with Gasteiger partial charge in [0.05, 0.1) is 16.3 Å². The second-order valence-corrected chi connectivity index (χ2v) is 6.12. The molecule has 0 aliphatic rings. The Hall–Kier alpha value is -2.60. The molecule has 23 heavy (non-hydrogen) atoms. The molecule has 0 saturated carbocycles. The van der Waals surface area contributed by atoms with Crippen LogP contribution in [0.5, 0.6) is 5.88 Å². The summed E-state index contributed by atoms with van der Waals surface area (Å²) in [7, 11) is 0. The largest absolute Gasteiger partial charge is 0.336 e. The summed E-state index contributed by atoms with van der Waals surface area (Å²) in [5.41, 5.74) is 3.78. The number of pyridine rings is 2. The molecular weight excluding hydrogens is 308 g/mol. The standard InChI is InChI=1S/C17H16N4OS/c1-11-6-7-15(19-9-11)22-21-13(3)16-12(2)20-17(23-16)14-5-4-8-18-10-14/h4-10H,1-3H3/b21-13+. The van der Waals surface area contributed by atoms with Crippen LogP contribution in [0.3, 0.4) is 0 Å². The lowest BCUT2D eigenvalue weighted by Gasteiger charge is -2.00. The van der Waals surface area contributed by atoms with Gasteiger partial charge in [-0.15, -0.1) is 11.3 Å². The van der Waals surface area contributed by atoms with Gasteiger partial charge in [-0.1, -0.05) is 11.2 Å². The van der Waals surface area contributed by atoms with Crippen molar-refractivity contribution in [3.8, 4) is 16.5 Å². The van der Waals surface area contributed by atoms with Crippen molar-refractivity contribution in [2.24, 2.45) is 5.16 Å². The molecule has 0 radical (unpaired) electrons. The van der Waals surface area contributed by atoms with E-state index in [0.29, 0.717) is 5.88 Å². The first-order chi connectivity index (χ1) is 11.1. The minimum atomic E-state index is 0.476. The average molecular weight is 324 g/mol. The van der Waals surface area contributed by atoms with Crippen LogP contribution in [-0.4, -0.2) is 20.7 Å². The Labute approximate surface area is 138 Å². The summed E-state index contributed by atoms with van der Waals surface area (Å²) in [5, 5.41) is 5.10. The van der Waals surface area contributed by atoms with Crippen molar-refractivity contribution < 1.29 is 4.84 Å². The number of hydrogen-bond acceptors (Lipinski definition) is 6. The summed E-state index contributed by atoms with van der Waals surface area (Å²) < 4.78 is 0. The molecule has 3 aromatic heterocycles. The molecule has 6 heteroatoms. The van der Waals surface area contributed by atoms with Gasteiger partial charge < -0.3 is 4.84 Å². The van der Waals surface area contributed by atoms with E-state index in [-0.39, 0.29) is 0 Å². The third kappa shape index (κ3) is 3.60. The summed E-state index contributed by atoms with van der Waals surface area (Å²) in [6.45, 7) is 5.85. The summed E-state index contributed by atoms with van der Waals surface area (Å²) in [4.78, 5) is 19.3. The lowest BCUT2D eigenvalue weighted by Crippen LogP contribution is -1.98. The fourth-order valence-electron chi connectivity index (χ4n) is 2.01. The number of aryl methyl sites for hydroxylation is 2. The van der Waals surface area contributed by atoms with Gasteiger partial charge in [0.25, 0.3) is 0 Å². The predicted octanol–water partition coefficient (Wildman–Crippen LogP) is 4.02. The third-order valence-corrected chi connectivity index (χ3v) is 4.51. The molecular formula is C17H16N4OS. The minimum Gasteiger partial charge on any atom is -0.336 e. The Morgan fingerprint density at radius 2 is 2.04 bits per heavy atom. The SMILES string of the molecule is C/C(=N\Oc1ccc(C)cn1)c1sc(-c2cccnc2)nc1C. The van der Waals surface area contributed by atoms with Crippen molar-refractivity contribution in [1.82, 2.24) is 15.0 Å². The van der Waals surface area contributed by atoms with Gasteiger partial charge in [-0.05, 0) is 38.5 Å². The maximum Gasteiger partial charge on any atom is 0.248 e. The van der Waals surface area contributed by atoms with Crippen LogP contribution in [0.2, 0.25) is 0 Å². The van der Waals surface area contributed by atoms with E-state index in [1.165, 1.54) is 0 Å². The van der Waals surface area contributed by atoms with E-state index in [1.807, 2.05) is 39.0 Å². The number of nitrogens with zero attached hydrogens (tertiary/aromatic N) is 4. The molecule has 3 heterocycles. The van der Waals surface area contributed by atoms with Gasteiger partial charge in [0.15, 0.2) is 0 Å². The summed E-state index contributed by atoms with van der Waals surface area (Å²) in [5.74, 6) is 0.476. The van der Waals surface area contributed by atoms with Crippen LogP contribution in [0.4, 0.5) is 0 Å². The number of oxime groups is 1. The van der Waals surface area contributed by atoms with Crippen molar-refractivity contribution in [1.29, 1.82) is 0 Å². The van der Waals surface area contributed by atoms with E-state index in [2.05, 4.69) is 20.1 Å². The van der Waals surface area contributed by atoms with Crippen LogP contribution in [0.25, 0.3) is 10.6 Å². The highest BCUT2D eigenvalue weighted by molar-refractivity contribution is 7.17. The van der Waals surface area contributed by atoms with Crippen LogP contribution >= 0.6 is 11.3 Å². The molecule has 0 aliphatic heterocycles. The van der Waals surface area contributed by atoms with E-state index in [0.717, 1.165) is 32.4 Å². The van der Waals surface area contributed by atoms with E-state index in [4.69, 9.17) is 4.84 Å². The Kier molecular flexibility index (Phi) is 4.43. The van der Waals surface area contributed by atoms with Crippen LogP contribution < -0.4 is 4.84 Å². The zero-order valence-electron chi connectivity index (χ0n) is 13.1. The van der Waals surface area contributed by atoms with Gasteiger partial charge in [0.2, 0.25) is 5.88 Å². The summed E-state index contributed by atoms with van der Waals surface area (Å²) >= 11 is 1.58. The highest BCUT2D eigenvalue weighted by Gasteiger charge is 2.12. The lowest BCUT2D eigenvalue weighted by molar-refractivity contribution is 0.327. The Balaban J connectivity index is 1.82. The maximum atomic E-state index is 5.39. The van der Waals surface area contributed by atoms with E-state index < -0.39 is 0 Å². The number of hydrogen-bond donors (Lipinski definition) is 0. The van der Waals surface area contributed by atoms with Crippen molar-refractivity contribution in [3.05, 3.63) is 59.0 Å². The monoisotopic (exact) mass is 324 g/mol. The van der Waals surface area contributed by atoms with Gasteiger partial charge in [0.1, 0.15) is 5.01 Å². The molecule has 0 unspecified atom stereocenters. The molecule has 3 rings (SSSR count). The van der Waals surface area contributed by atoms with Crippen LogP contribution in [0, 0.1) is 13.8 Å². The van der Waals surface area contributed by atoms with Gasteiger partial charge in [0, 0.05) is 30.2 Å². The molecule has 0 amide bonds. The number of aromatic nitrogens is 3. The average Bonchev–Trinajstić information content (AvgIpc) is 2.97. The van der Waals surface area contributed by atoms with E-state index in [1.54, 1.807) is 36.0 Å². The molecule has 0 fully saturated rings. The van der Waals surface area contributed by atoms with Crippen molar-refractivity contribution in [3.63, 3.8) is 0 Å². The second-order valence-electron chi connectivity index (χ2n) is 5.12. The maximum absolute atomic E-state index is 5.39. The normalized spacial score (nSPS) is 11.5. The first-order valence-electron chi connectivity index (χ1n) is 7.16. The van der Waals surface area contributed by atoms with Crippen LogP contribution in [0.1, 0.15) is 23.1 Å². The summed E-state index contributed by atoms with van der Waals surface area (Å²) in [6.07, 6.45) is 5.31. The fourth-order valence-corrected chi connectivity index (χ4v) is 3.00. The van der Waals surface area contributed by atoms with Crippen molar-refractivity contribution in [2.75, 3.05) is 0 Å². The lowest BCUT2D eigenvalue weighted by atomic mass is 10.3. The molecule has 3 aromatic rings. The quantitative estimate of drug-likeness (QED) is 0.537. The first kappa shape index (κ1) is 15.3. The topological polar surface area (TPSA) is 60.3 Å². The minimum absolute atomic E-state index is 0.476. The highest BCUT2D eigenvalue weighted by atomic mass is 32.1.